The third kappa shape index (κ3) is 5.50. The van der Waals surface area contributed by atoms with E-state index in [1.165, 1.54) is 5.57 Å². The van der Waals surface area contributed by atoms with Crippen LogP contribution in [0.4, 0.5) is 0 Å². The van der Waals surface area contributed by atoms with Crippen molar-refractivity contribution in [1.29, 1.82) is 5.26 Å². The minimum Gasteiger partial charge on any atom is -0.352 e. The van der Waals surface area contributed by atoms with Crippen molar-refractivity contribution in [3.63, 3.8) is 0 Å². The van der Waals surface area contributed by atoms with Gasteiger partial charge in [0.2, 0.25) is 0 Å². The van der Waals surface area contributed by atoms with E-state index in [-0.39, 0.29) is 23.7 Å². The van der Waals surface area contributed by atoms with E-state index in [9.17, 15) is 0 Å². The van der Waals surface area contributed by atoms with Crippen LogP contribution in [0.1, 0.15) is 53.4 Å². The van der Waals surface area contributed by atoms with Gasteiger partial charge in [-0.1, -0.05) is 43.0 Å². The highest BCUT2D eigenvalue weighted by atomic mass is 127. The predicted molar refractivity (Wildman–Crippen MR) is 98.8 cm³/mol. The van der Waals surface area contributed by atoms with Gasteiger partial charge in [0.1, 0.15) is 0 Å². The van der Waals surface area contributed by atoms with Crippen molar-refractivity contribution in [3.8, 4) is 6.07 Å². The van der Waals surface area contributed by atoms with E-state index in [1.54, 1.807) is 0 Å². The Morgan fingerprint density at radius 3 is 2.73 bits per heavy atom. The van der Waals surface area contributed by atoms with Crippen molar-refractivity contribution in [2.24, 2.45) is 17.3 Å². The lowest BCUT2D eigenvalue weighted by Crippen LogP contribution is -2.40. The van der Waals surface area contributed by atoms with Gasteiger partial charge in [0.15, 0.2) is 6.29 Å². The standard InChI is InChI=1S/C18H30INO2/c1-6-21-17(11-19)22-16-9-10-18(4,5)15(14(16)3)8-7-13(2)12-20/h13,15-17H,3,6-11H2,1-2,4-5H3/t13?,15-,16+,17?/m0/s1. The van der Waals surface area contributed by atoms with Gasteiger partial charge in [0.25, 0.3) is 0 Å². The topological polar surface area (TPSA) is 42.2 Å². The van der Waals surface area contributed by atoms with Crippen molar-refractivity contribution in [2.45, 2.75) is 65.8 Å². The van der Waals surface area contributed by atoms with Crippen LogP contribution in [0.15, 0.2) is 12.2 Å². The second-order valence-corrected chi connectivity index (χ2v) is 7.81. The molecule has 0 aromatic heterocycles. The van der Waals surface area contributed by atoms with Gasteiger partial charge in [0.05, 0.1) is 16.6 Å². The van der Waals surface area contributed by atoms with Gasteiger partial charge >= 0.3 is 0 Å². The Morgan fingerprint density at radius 2 is 2.18 bits per heavy atom. The fourth-order valence-corrected chi connectivity index (χ4v) is 3.75. The van der Waals surface area contributed by atoms with Gasteiger partial charge in [-0.3, -0.25) is 0 Å². The molecule has 1 aliphatic carbocycles. The second-order valence-electron chi connectivity index (χ2n) is 6.93. The summed E-state index contributed by atoms with van der Waals surface area (Å²) < 4.78 is 12.6. The van der Waals surface area contributed by atoms with Gasteiger partial charge < -0.3 is 9.47 Å². The third-order valence-electron chi connectivity index (χ3n) is 4.76. The van der Waals surface area contributed by atoms with Crippen LogP contribution in [-0.4, -0.2) is 23.4 Å². The maximum absolute atomic E-state index is 9.01. The van der Waals surface area contributed by atoms with Crippen LogP contribution < -0.4 is 0 Å². The van der Waals surface area contributed by atoms with Crippen molar-refractivity contribution in [2.75, 3.05) is 11.0 Å². The van der Waals surface area contributed by atoms with E-state index in [1.807, 2.05) is 13.8 Å². The first-order valence-electron chi connectivity index (χ1n) is 8.27. The lowest BCUT2D eigenvalue weighted by atomic mass is 9.64. The molecule has 0 spiro atoms. The fourth-order valence-electron chi connectivity index (χ4n) is 3.29. The summed E-state index contributed by atoms with van der Waals surface area (Å²) in [5, 5.41) is 9.01. The SMILES string of the molecule is C=C1[C@H](OC(CI)OCC)CCC(C)(C)[C@H]1CCC(C)C#N. The number of ether oxygens (including phenoxy) is 2. The van der Waals surface area contributed by atoms with Crippen molar-refractivity contribution >= 4 is 22.6 Å². The molecule has 0 N–H and O–H groups in total. The van der Waals surface area contributed by atoms with Gasteiger partial charge in [-0.05, 0) is 56.4 Å². The summed E-state index contributed by atoms with van der Waals surface area (Å²) in [5.41, 5.74) is 1.42. The normalized spacial score (nSPS) is 27.2. The first kappa shape index (κ1) is 19.9. The average molecular weight is 419 g/mol. The van der Waals surface area contributed by atoms with Crippen LogP contribution in [0.2, 0.25) is 0 Å². The number of rotatable bonds is 8. The lowest BCUT2D eigenvalue weighted by Gasteiger charge is -2.44. The number of hydrogen-bond acceptors (Lipinski definition) is 3. The number of nitrogens with zero attached hydrogens (tertiary/aromatic N) is 1. The minimum absolute atomic E-state index is 0.0849. The molecular weight excluding hydrogens is 389 g/mol. The van der Waals surface area contributed by atoms with Crippen molar-refractivity contribution in [1.82, 2.24) is 0 Å². The Bertz CT molecular complexity index is 402. The summed E-state index contributed by atoms with van der Waals surface area (Å²) in [6, 6.07) is 2.33. The molecule has 1 rings (SSSR count). The quantitative estimate of drug-likeness (QED) is 0.238. The third-order valence-corrected chi connectivity index (χ3v) is 5.48. The summed E-state index contributed by atoms with van der Waals surface area (Å²) in [6.07, 6.45) is 4.02. The Kier molecular flexibility index (Phi) is 8.37. The molecule has 3 nitrogen and oxygen atoms in total. The molecule has 1 fully saturated rings. The highest BCUT2D eigenvalue weighted by Crippen LogP contribution is 2.47. The monoisotopic (exact) mass is 419 g/mol. The molecule has 0 aromatic carbocycles. The molecule has 0 aromatic rings. The largest absolute Gasteiger partial charge is 0.352 e. The molecule has 2 unspecified atom stereocenters. The number of hydrogen-bond donors (Lipinski definition) is 0. The molecule has 0 amide bonds. The van der Waals surface area contributed by atoms with Gasteiger partial charge in [-0.2, -0.15) is 5.26 Å². The summed E-state index contributed by atoms with van der Waals surface area (Å²) in [7, 11) is 0. The zero-order chi connectivity index (χ0) is 16.8. The number of nitriles is 1. The predicted octanol–water partition coefficient (Wildman–Crippen LogP) is 5.10. The van der Waals surface area contributed by atoms with E-state index < -0.39 is 0 Å². The smallest absolute Gasteiger partial charge is 0.167 e. The highest BCUT2D eigenvalue weighted by molar-refractivity contribution is 14.1. The summed E-state index contributed by atoms with van der Waals surface area (Å²) in [5.74, 6) is 0.522. The van der Waals surface area contributed by atoms with Gasteiger partial charge in [0, 0.05) is 12.5 Å². The molecular formula is C18H30INO2. The molecule has 0 bridgehead atoms. The molecule has 1 aliphatic rings. The summed E-state index contributed by atoms with van der Waals surface area (Å²) in [6.45, 7) is 13.6. The van der Waals surface area contributed by atoms with Gasteiger partial charge in [-0.25, -0.2) is 0 Å². The molecule has 1 saturated carbocycles. The van der Waals surface area contributed by atoms with Crippen LogP contribution in [0.3, 0.4) is 0 Å². The first-order chi connectivity index (χ1) is 10.4. The van der Waals surface area contributed by atoms with Crippen LogP contribution in [0, 0.1) is 28.6 Å². The fraction of sp³-hybridized carbons (Fsp3) is 0.833. The van der Waals surface area contributed by atoms with E-state index >= 15 is 0 Å². The van der Waals surface area contributed by atoms with Crippen molar-refractivity contribution < 1.29 is 9.47 Å². The maximum atomic E-state index is 9.01. The molecule has 126 valence electrons. The highest BCUT2D eigenvalue weighted by Gasteiger charge is 2.40. The zero-order valence-electron chi connectivity index (χ0n) is 14.4. The Labute approximate surface area is 149 Å². The zero-order valence-corrected chi connectivity index (χ0v) is 16.6. The molecule has 0 radical (unpaired) electrons. The van der Waals surface area contributed by atoms with Crippen LogP contribution in [0.5, 0.6) is 0 Å². The maximum Gasteiger partial charge on any atom is 0.167 e. The van der Waals surface area contributed by atoms with E-state index in [4.69, 9.17) is 14.7 Å². The Morgan fingerprint density at radius 1 is 1.50 bits per heavy atom. The molecule has 4 atom stereocenters. The molecule has 22 heavy (non-hydrogen) atoms. The van der Waals surface area contributed by atoms with E-state index in [0.717, 1.165) is 30.1 Å². The van der Waals surface area contributed by atoms with E-state index in [2.05, 4.69) is 49.1 Å². The minimum atomic E-state index is -0.146. The van der Waals surface area contributed by atoms with Crippen LogP contribution in [-0.2, 0) is 9.47 Å². The average Bonchev–Trinajstić information content (AvgIpc) is 2.48. The van der Waals surface area contributed by atoms with Gasteiger partial charge in [-0.15, -0.1) is 0 Å². The molecule has 0 heterocycles. The number of halogens is 1. The Balaban J connectivity index is 2.72. The number of alkyl halides is 1. The second kappa shape index (κ2) is 9.24. The summed E-state index contributed by atoms with van der Waals surface area (Å²) >= 11 is 2.30. The van der Waals surface area contributed by atoms with Crippen LogP contribution >= 0.6 is 22.6 Å². The van der Waals surface area contributed by atoms with E-state index in [0.29, 0.717) is 12.5 Å². The Hall–Kier alpha value is -0.120. The molecule has 0 aliphatic heterocycles. The lowest BCUT2D eigenvalue weighted by molar-refractivity contribution is -0.154. The van der Waals surface area contributed by atoms with Crippen molar-refractivity contribution in [3.05, 3.63) is 12.2 Å². The summed E-state index contributed by atoms with van der Waals surface area (Å²) in [4.78, 5) is 0. The first-order valence-corrected chi connectivity index (χ1v) is 9.79. The molecule has 0 saturated heterocycles. The molecule has 4 heteroatoms. The van der Waals surface area contributed by atoms with Crippen LogP contribution in [0.25, 0.3) is 0 Å².